The molecule has 16 nitrogen and oxygen atoms in total. The van der Waals surface area contributed by atoms with E-state index in [1.54, 1.807) is 19.1 Å². The standard InChI is InChI=1S/C40H50F2N8O8/c1-21-14-32-39(56)58-24(4)33(47-34(51)29(17-25-15-26(41)18-27(42)16-25)46-40(57)45-28-11-10-22(2)43-19-28)38(55)49-13-7-9-31(49)37(54)48-12-6-5-8-30(48)35(52)44-23(3)36(53)50(32)20-21/h10-11,15-16,18-19,21,23-24,29-33H,5-9,12-14,17,20H2,1-4H3,(H,44,52)(H,47,51)(H2,45,46,57). The number of benzene rings is 1. The van der Waals surface area contributed by atoms with Crippen LogP contribution in [0.4, 0.5) is 19.3 Å². The predicted molar refractivity (Wildman–Crippen MR) is 203 cm³/mol. The van der Waals surface area contributed by atoms with Gasteiger partial charge in [-0.25, -0.2) is 18.4 Å². The van der Waals surface area contributed by atoms with Crippen LogP contribution in [0.25, 0.3) is 0 Å². The summed E-state index contributed by atoms with van der Waals surface area (Å²) in [5, 5.41) is 10.5. The van der Waals surface area contributed by atoms with E-state index in [1.165, 1.54) is 34.7 Å². The first-order chi connectivity index (χ1) is 27.6. The first-order valence-corrected chi connectivity index (χ1v) is 19.8. The summed E-state index contributed by atoms with van der Waals surface area (Å²) in [5.74, 6) is -6.01. The number of hydrogen-bond donors (Lipinski definition) is 4. The molecule has 6 rings (SSSR count). The second kappa shape index (κ2) is 17.9. The van der Waals surface area contributed by atoms with E-state index in [0.717, 1.165) is 12.1 Å². The lowest BCUT2D eigenvalue weighted by Gasteiger charge is -2.39. The molecule has 0 radical (unpaired) electrons. The molecule has 1 aromatic heterocycles. The Bertz CT molecular complexity index is 1910. The molecule has 4 aliphatic heterocycles. The number of nitrogens with zero attached hydrogens (tertiary/aromatic N) is 4. The number of ether oxygens (including phenoxy) is 1. The maximum absolute atomic E-state index is 14.7. The van der Waals surface area contributed by atoms with E-state index in [0.29, 0.717) is 37.4 Å². The highest BCUT2D eigenvalue weighted by Crippen LogP contribution is 2.29. The van der Waals surface area contributed by atoms with Crippen LogP contribution in [0.1, 0.15) is 70.6 Å². The zero-order chi connectivity index (χ0) is 41.8. The fourth-order valence-corrected chi connectivity index (χ4v) is 8.26. The molecule has 2 aromatic rings. The lowest BCUT2D eigenvalue weighted by Crippen LogP contribution is -2.63. The van der Waals surface area contributed by atoms with Crippen LogP contribution in [0.5, 0.6) is 0 Å². The number of aromatic nitrogens is 1. The Labute approximate surface area is 334 Å². The number of hydrogen-bond acceptors (Lipinski definition) is 9. The number of carbonyl (C=O) groups is 7. The molecule has 0 saturated carbocycles. The number of piperidine rings is 1. The largest absolute Gasteiger partial charge is 0.458 e. The zero-order valence-corrected chi connectivity index (χ0v) is 33.0. The van der Waals surface area contributed by atoms with Gasteiger partial charge in [0.1, 0.15) is 54.0 Å². The Hall–Kier alpha value is -5.68. The summed E-state index contributed by atoms with van der Waals surface area (Å²) < 4.78 is 34.5. The number of fused-ring (bicyclic) bond motifs is 3. The van der Waals surface area contributed by atoms with Gasteiger partial charge in [0.2, 0.25) is 29.5 Å². The molecule has 1 aromatic carbocycles. The van der Waals surface area contributed by atoms with Crippen molar-refractivity contribution in [1.29, 1.82) is 0 Å². The normalized spacial score (nSPS) is 27.5. The van der Waals surface area contributed by atoms with E-state index in [1.807, 2.05) is 6.92 Å². The van der Waals surface area contributed by atoms with Gasteiger partial charge in [-0.2, -0.15) is 0 Å². The summed E-state index contributed by atoms with van der Waals surface area (Å²) in [4.78, 5) is 106. The highest BCUT2D eigenvalue weighted by Gasteiger charge is 2.47. The third-order valence-electron chi connectivity index (χ3n) is 11.2. The smallest absolute Gasteiger partial charge is 0.329 e. The number of aryl methyl sites for hydroxylation is 1. The third-order valence-corrected chi connectivity index (χ3v) is 11.2. The number of anilines is 1. The van der Waals surface area contributed by atoms with Gasteiger partial charge >= 0.3 is 12.0 Å². The van der Waals surface area contributed by atoms with Crippen LogP contribution in [0.15, 0.2) is 36.5 Å². The Morgan fingerprint density at radius 2 is 1.57 bits per heavy atom. The van der Waals surface area contributed by atoms with E-state index in [-0.39, 0.29) is 49.6 Å². The van der Waals surface area contributed by atoms with Crippen molar-refractivity contribution in [3.8, 4) is 0 Å². The molecule has 4 saturated heterocycles. The van der Waals surface area contributed by atoms with Crippen molar-refractivity contribution in [2.75, 3.05) is 25.0 Å². The zero-order valence-electron chi connectivity index (χ0n) is 33.0. The fourth-order valence-electron chi connectivity index (χ4n) is 8.26. The van der Waals surface area contributed by atoms with Crippen LogP contribution < -0.4 is 21.3 Å². The van der Waals surface area contributed by atoms with Gasteiger partial charge < -0.3 is 40.7 Å². The van der Waals surface area contributed by atoms with Crippen LogP contribution in [-0.2, 0) is 39.9 Å². The predicted octanol–water partition coefficient (Wildman–Crippen LogP) is 1.94. The molecule has 0 aliphatic carbocycles. The summed E-state index contributed by atoms with van der Waals surface area (Å²) in [5.41, 5.74) is 0.983. The number of esters is 1. The molecule has 18 heteroatoms. The molecule has 8 unspecified atom stereocenters. The van der Waals surface area contributed by atoms with Gasteiger partial charge in [-0.1, -0.05) is 6.92 Å². The minimum Gasteiger partial charge on any atom is -0.458 e. The van der Waals surface area contributed by atoms with E-state index in [2.05, 4.69) is 26.3 Å². The lowest BCUT2D eigenvalue weighted by molar-refractivity contribution is -0.163. The van der Waals surface area contributed by atoms with Crippen molar-refractivity contribution in [3.63, 3.8) is 0 Å². The third kappa shape index (κ3) is 9.53. The number of nitrogens with one attached hydrogen (secondary N) is 4. The second-order valence-corrected chi connectivity index (χ2v) is 15.8. The van der Waals surface area contributed by atoms with Gasteiger partial charge in [0.25, 0.3) is 0 Å². The van der Waals surface area contributed by atoms with Gasteiger partial charge in [0.15, 0.2) is 0 Å². The monoisotopic (exact) mass is 808 g/mol. The summed E-state index contributed by atoms with van der Waals surface area (Å²) in [6.45, 7) is 7.10. The van der Waals surface area contributed by atoms with Crippen LogP contribution in [0.3, 0.4) is 0 Å². The van der Waals surface area contributed by atoms with Crippen molar-refractivity contribution < 1.29 is 47.1 Å². The fraction of sp³-hybridized carbons (Fsp3) is 0.550. The number of halogens is 2. The van der Waals surface area contributed by atoms with Gasteiger partial charge in [0, 0.05) is 37.8 Å². The molecular formula is C40H50F2N8O8. The van der Waals surface area contributed by atoms with E-state index in [4.69, 9.17) is 4.74 Å². The molecule has 7 amide bonds. The van der Waals surface area contributed by atoms with Gasteiger partial charge in [0.05, 0.1) is 11.9 Å². The summed E-state index contributed by atoms with van der Waals surface area (Å²) >= 11 is 0. The number of carbonyl (C=O) groups excluding carboxylic acids is 7. The van der Waals surface area contributed by atoms with Gasteiger partial charge in [-0.3, -0.25) is 29.0 Å². The topological polar surface area (TPSA) is 199 Å². The highest BCUT2D eigenvalue weighted by atomic mass is 19.1. The highest BCUT2D eigenvalue weighted by molar-refractivity contribution is 5.98. The van der Waals surface area contributed by atoms with Crippen molar-refractivity contribution in [3.05, 3.63) is 59.4 Å². The molecular weight excluding hydrogens is 758 g/mol. The van der Waals surface area contributed by atoms with Crippen molar-refractivity contribution >= 4 is 47.2 Å². The second-order valence-electron chi connectivity index (χ2n) is 15.8. The minimum atomic E-state index is -1.63. The van der Waals surface area contributed by atoms with E-state index in [9.17, 15) is 42.3 Å². The SMILES string of the molecule is Cc1ccc(NC(=O)NC(Cc2cc(F)cc(F)c2)C(=O)NC2C(=O)N3CCCC3C(=O)N3CCCCC3C(=O)NC(C)C(=O)N3CC(C)CC3C(=O)OC2C)cn1. The maximum atomic E-state index is 14.7. The Morgan fingerprint density at radius 3 is 2.28 bits per heavy atom. The first kappa shape index (κ1) is 41.9. The number of amides is 7. The number of pyridine rings is 1. The number of urea groups is 1. The molecule has 4 aliphatic rings. The maximum Gasteiger partial charge on any atom is 0.329 e. The van der Waals surface area contributed by atoms with Gasteiger partial charge in [-0.15, -0.1) is 0 Å². The van der Waals surface area contributed by atoms with E-state index >= 15 is 0 Å². The van der Waals surface area contributed by atoms with Gasteiger partial charge in [-0.05, 0) is 95.0 Å². The number of rotatable bonds is 6. The molecule has 5 heterocycles. The van der Waals surface area contributed by atoms with Crippen molar-refractivity contribution in [2.24, 2.45) is 5.92 Å². The quantitative estimate of drug-likeness (QED) is 0.315. The van der Waals surface area contributed by atoms with Crippen LogP contribution in [0.2, 0.25) is 0 Å². The average molecular weight is 809 g/mol. The van der Waals surface area contributed by atoms with Crippen molar-refractivity contribution in [2.45, 2.75) is 115 Å². The lowest BCUT2D eigenvalue weighted by atomic mass is 9.99. The molecule has 58 heavy (non-hydrogen) atoms. The molecule has 312 valence electrons. The Balaban J connectivity index is 1.34. The van der Waals surface area contributed by atoms with Crippen LogP contribution in [-0.4, -0.2) is 123 Å². The summed E-state index contributed by atoms with van der Waals surface area (Å²) in [7, 11) is 0. The summed E-state index contributed by atoms with van der Waals surface area (Å²) in [6.07, 6.45) is 2.16. The average Bonchev–Trinajstić information content (AvgIpc) is 3.83. The molecule has 0 bridgehead atoms. The molecule has 8 atom stereocenters. The minimum absolute atomic E-state index is 0.0124. The summed E-state index contributed by atoms with van der Waals surface area (Å²) in [6, 6.07) is -2.14. The van der Waals surface area contributed by atoms with Crippen molar-refractivity contribution in [1.82, 2.24) is 35.6 Å². The van der Waals surface area contributed by atoms with Crippen LogP contribution in [0, 0.1) is 24.5 Å². The van der Waals surface area contributed by atoms with E-state index < -0.39 is 102 Å². The molecule has 4 N–H and O–H groups in total. The number of cyclic esters (lactones) is 1. The Morgan fingerprint density at radius 1 is 0.879 bits per heavy atom. The molecule has 4 fully saturated rings. The molecule has 0 spiro atoms. The van der Waals surface area contributed by atoms with Crippen LogP contribution >= 0.6 is 0 Å². The first-order valence-electron chi connectivity index (χ1n) is 19.8. The Kier molecular flexibility index (Phi) is 12.9.